The first-order chi connectivity index (χ1) is 7.45. The smallest absolute Gasteiger partial charge is 0.209 e. The normalized spacial score (nSPS) is 11.1. The predicted octanol–water partition coefficient (Wildman–Crippen LogP) is 1.76. The van der Waals surface area contributed by atoms with Crippen LogP contribution in [0.15, 0.2) is 24.3 Å². The van der Waals surface area contributed by atoms with Crippen molar-refractivity contribution < 1.29 is 9.90 Å². The zero-order valence-electron chi connectivity index (χ0n) is 10.5. The number of likely N-dealkylation sites (N-methyl/N-ethyl adjacent to an activating group) is 1. The van der Waals surface area contributed by atoms with Crippen molar-refractivity contribution in [2.24, 2.45) is 0 Å². The van der Waals surface area contributed by atoms with Gasteiger partial charge in [0, 0.05) is 13.6 Å². The van der Waals surface area contributed by atoms with E-state index in [-0.39, 0.29) is 0 Å². The van der Waals surface area contributed by atoms with Crippen LogP contribution in [0, 0.1) is 13.8 Å². The topological polar surface area (TPSA) is 40.5 Å². The molecule has 1 amide bonds. The molecule has 1 aromatic carbocycles. The Hall–Kier alpha value is -1.35. The van der Waals surface area contributed by atoms with Crippen molar-refractivity contribution in [1.82, 2.24) is 4.90 Å². The molecule has 1 aromatic rings. The van der Waals surface area contributed by atoms with Gasteiger partial charge in [0.2, 0.25) is 6.41 Å². The molecule has 1 rings (SSSR count). The minimum atomic E-state index is -0.426. The van der Waals surface area contributed by atoms with Crippen LogP contribution in [0.4, 0.5) is 0 Å². The number of aliphatic hydroxyl groups excluding tert-OH is 1. The monoisotopic (exact) mass is 223 g/mol. The highest BCUT2D eigenvalue weighted by molar-refractivity contribution is 5.46. The number of hydrogen-bond donors (Lipinski definition) is 1. The summed E-state index contributed by atoms with van der Waals surface area (Å²) in [5.41, 5.74) is 2.66. The van der Waals surface area contributed by atoms with Crippen LogP contribution in [0.1, 0.15) is 18.1 Å². The van der Waals surface area contributed by atoms with Crippen molar-refractivity contribution in [3.05, 3.63) is 35.4 Å². The van der Waals surface area contributed by atoms with Gasteiger partial charge in [0.05, 0.1) is 6.10 Å². The van der Waals surface area contributed by atoms with Crippen LogP contribution in [0.25, 0.3) is 0 Å². The van der Waals surface area contributed by atoms with Crippen LogP contribution in [0.3, 0.4) is 0 Å². The van der Waals surface area contributed by atoms with E-state index in [0.29, 0.717) is 13.0 Å². The largest absolute Gasteiger partial charge is 0.392 e. The van der Waals surface area contributed by atoms with Crippen molar-refractivity contribution in [3.63, 3.8) is 0 Å². The molecular formula is C13H21NO2. The number of hydrogen-bond acceptors (Lipinski definition) is 2. The quantitative estimate of drug-likeness (QED) is 0.793. The molecule has 0 fully saturated rings. The van der Waals surface area contributed by atoms with Crippen molar-refractivity contribution >= 4 is 6.41 Å². The molecule has 0 aliphatic carbocycles. The third kappa shape index (κ3) is 8.00. The summed E-state index contributed by atoms with van der Waals surface area (Å²) in [5.74, 6) is 0. The molecule has 3 heteroatoms. The average Bonchev–Trinajstić information content (AvgIpc) is 2.22. The van der Waals surface area contributed by atoms with Gasteiger partial charge in [-0.3, -0.25) is 4.79 Å². The van der Waals surface area contributed by atoms with E-state index in [0.717, 1.165) is 0 Å². The minimum absolute atomic E-state index is 0.406. The molecule has 0 aliphatic heterocycles. The van der Waals surface area contributed by atoms with Crippen LogP contribution in [-0.4, -0.2) is 36.1 Å². The molecule has 90 valence electrons. The highest BCUT2D eigenvalue weighted by atomic mass is 16.3. The van der Waals surface area contributed by atoms with Gasteiger partial charge in [0.25, 0.3) is 0 Å². The zero-order valence-corrected chi connectivity index (χ0v) is 10.5. The van der Waals surface area contributed by atoms with Gasteiger partial charge in [0.15, 0.2) is 0 Å². The number of carbonyl (C=O) groups is 1. The average molecular weight is 223 g/mol. The fourth-order valence-corrected chi connectivity index (χ4v) is 1.10. The fraction of sp³-hybridized carbons (Fsp3) is 0.462. The first kappa shape index (κ1) is 14.6. The summed E-state index contributed by atoms with van der Waals surface area (Å²) in [6.45, 7) is 6.24. The standard InChI is InChI=1S/C8H10.C5H11NO2/c1-7-3-5-8(2)6-4-7;1-5(8)3-6(2)4-7/h3-6H,1-2H3;4-5,8H,3H2,1-2H3. The second kappa shape index (κ2) is 7.88. The highest BCUT2D eigenvalue weighted by Crippen LogP contribution is 1.99. The Balaban J connectivity index is 0.000000281. The van der Waals surface area contributed by atoms with E-state index in [1.807, 2.05) is 0 Å². The van der Waals surface area contributed by atoms with E-state index in [1.165, 1.54) is 16.0 Å². The van der Waals surface area contributed by atoms with Gasteiger partial charge in [-0.05, 0) is 20.8 Å². The SMILES string of the molecule is CC(O)CN(C)C=O.Cc1ccc(C)cc1. The summed E-state index contributed by atoms with van der Waals surface area (Å²) < 4.78 is 0. The maximum absolute atomic E-state index is 9.86. The number of benzene rings is 1. The first-order valence-electron chi connectivity index (χ1n) is 5.32. The van der Waals surface area contributed by atoms with E-state index in [9.17, 15) is 4.79 Å². The third-order valence-electron chi connectivity index (χ3n) is 1.95. The Morgan fingerprint density at radius 2 is 1.62 bits per heavy atom. The van der Waals surface area contributed by atoms with Gasteiger partial charge in [-0.2, -0.15) is 0 Å². The predicted molar refractivity (Wildman–Crippen MR) is 66.3 cm³/mol. The maximum atomic E-state index is 9.86. The second-order valence-electron chi connectivity index (χ2n) is 4.05. The Morgan fingerprint density at radius 1 is 1.25 bits per heavy atom. The zero-order chi connectivity index (χ0) is 12.6. The number of nitrogens with zero attached hydrogens (tertiary/aromatic N) is 1. The molecule has 0 saturated heterocycles. The summed E-state index contributed by atoms with van der Waals surface area (Å²) in [6.07, 6.45) is 0.261. The molecule has 1 N–H and O–H groups in total. The minimum Gasteiger partial charge on any atom is -0.392 e. The number of rotatable bonds is 3. The van der Waals surface area contributed by atoms with Crippen LogP contribution < -0.4 is 0 Å². The van der Waals surface area contributed by atoms with Crippen LogP contribution in [0.2, 0.25) is 0 Å². The molecule has 3 nitrogen and oxygen atoms in total. The summed E-state index contributed by atoms with van der Waals surface area (Å²) in [7, 11) is 1.62. The molecule has 1 atom stereocenters. The van der Waals surface area contributed by atoms with E-state index in [1.54, 1.807) is 14.0 Å². The summed E-state index contributed by atoms with van der Waals surface area (Å²) in [4.78, 5) is 11.2. The van der Waals surface area contributed by atoms with Gasteiger partial charge >= 0.3 is 0 Å². The maximum Gasteiger partial charge on any atom is 0.209 e. The Morgan fingerprint density at radius 3 is 1.81 bits per heavy atom. The lowest BCUT2D eigenvalue weighted by molar-refractivity contribution is -0.118. The van der Waals surface area contributed by atoms with Crippen LogP contribution >= 0.6 is 0 Å². The van der Waals surface area contributed by atoms with Gasteiger partial charge in [0.1, 0.15) is 0 Å². The molecule has 0 aliphatic rings. The van der Waals surface area contributed by atoms with Crippen LogP contribution in [-0.2, 0) is 4.79 Å². The molecule has 0 radical (unpaired) electrons. The van der Waals surface area contributed by atoms with Crippen molar-refractivity contribution in [2.45, 2.75) is 26.9 Å². The lowest BCUT2D eigenvalue weighted by Gasteiger charge is -2.11. The molecule has 0 aromatic heterocycles. The van der Waals surface area contributed by atoms with Gasteiger partial charge < -0.3 is 10.0 Å². The molecule has 1 unspecified atom stereocenters. The first-order valence-corrected chi connectivity index (χ1v) is 5.32. The lowest BCUT2D eigenvalue weighted by Crippen LogP contribution is -2.25. The Labute approximate surface area is 97.7 Å². The van der Waals surface area contributed by atoms with E-state index in [2.05, 4.69) is 38.1 Å². The highest BCUT2D eigenvalue weighted by Gasteiger charge is 1.96. The fourth-order valence-electron chi connectivity index (χ4n) is 1.10. The van der Waals surface area contributed by atoms with Gasteiger partial charge in [-0.1, -0.05) is 35.4 Å². The summed E-state index contributed by atoms with van der Waals surface area (Å²) >= 11 is 0. The second-order valence-corrected chi connectivity index (χ2v) is 4.05. The van der Waals surface area contributed by atoms with Crippen LogP contribution in [0.5, 0.6) is 0 Å². The van der Waals surface area contributed by atoms with Gasteiger partial charge in [-0.15, -0.1) is 0 Å². The summed E-state index contributed by atoms with van der Waals surface area (Å²) in [6, 6.07) is 8.48. The number of carbonyl (C=O) groups excluding carboxylic acids is 1. The molecule has 0 saturated carbocycles. The molecule has 0 spiro atoms. The molecular weight excluding hydrogens is 202 g/mol. The lowest BCUT2D eigenvalue weighted by atomic mass is 10.2. The molecule has 16 heavy (non-hydrogen) atoms. The van der Waals surface area contributed by atoms with E-state index < -0.39 is 6.10 Å². The van der Waals surface area contributed by atoms with E-state index >= 15 is 0 Å². The van der Waals surface area contributed by atoms with Crippen molar-refractivity contribution in [2.75, 3.05) is 13.6 Å². The Kier molecular flexibility index (Phi) is 7.21. The third-order valence-corrected chi connectivity index (χ3v) is 1.95. The van der Waals surface area contributed by atoms with E-state index in [4.69, 9.17) is 5.11 Å². The Bertz CT molecular complexity index is 272. The number of amides is 1. The van der Waals surface area contributed by atoms with Crippen molar-refractivity contribution in [1.29, 1.82) is 0 Å². The summed E-state index contributed by atoms with van der Waals surface area (Å²) in [5, 5.41) is 8.65. The van der Waals surface area contributed by atoms with Crippen molar-refractivity contribution in [3.8, 4) is 0 Å². The number of aryl methyl sites for hydroxylation is 2. The van der Waals surface area contributed by atoms with Gasteiger partial charge in [-0.25, -0.2) is 0 Å². The number of aliphatic hydroxyl groups is 1. The molecule has 0 bridgehead atoms. The molecule has 0 heterocycles.